The molecule has 0 aliphatic carbocycles. The monoisotopic (exact) mass is 371 g/mol. The third-order valence-electron chi connectivity index (χ3n) is 3.74. The van der Waals surface area contributed by atoms with Gasteiger partial charge in [-0.1, -0.05) is 17.7 Å². The van der Waals surface area contributed by atoms with Crippen LogP contribution in [-0.4, -0.2) is 55.4 Å². The van der Waals surface area contributed by atoms with Crippen LogP contribution >= 0.6 is 0 Å². The van der Waals surface area contributed by atoms with Crippen LogP contribution in [0.4, 0.5) is 4.79 Å². The highest BCUT2D eigenvalue weighted by molar-refractivity contribution is 7.86. The topological polar surface area (TPSA) is 93.1 Å². The van der Waals surface area contributed by atoms with Crippen molar-refractivity contribution < 1.29 is 27.2 Å². The predicted molar refractivity (Wildman–Crippen MR) is 91.7 cm³/mol. The quantitative estimate of drug-likeness (QED) is 0.818. The first-order valence-corrected chi connectivity index (χ1v) is 9.55. The summed E-state index contributed by atoms with van der Waals surface area (Å²) in [5.41, 5.74) is 0.269. The standard InChI is InChI=1S/C17H25NO6S/c1-12-5-7-13(8-6-12)25(21,22)24-15-11-18(10-9-14(15)19)16(20)23-17(2,3)4/h5-8,14-15,19H,9-11H2,1-4H3/t14-,15+/m1/s1. The third kappa shape index (κ3) is 5.42. The van der Waals surface area contributed by atoms with E-state index in [4.69, 9.17) is 8.92 Å². The van der Waals surface area contributed by atoms with Crippen LogP contribution in [0.5, 0.6) is 0 Å². The first-order valence-electron chi connectivity index (χ1n) is 8.14. The number of carbonyl (C=O) groups is 1. The Hall–Kier alpha value is -1.64. The smallest absolute Gasteiger partial charge is 0.410 e. The Morgan fingerprint density at radius 1 is 1.24 bits per heavy atom. The number of rotatable bonds is 3. The van der Waals surface area contributed by atoms with Crippen LogP contribution in [0.15, 0.2) is 29.2 Å². The van der Waals surface area contributed by atoms with Gasteiger partial charge in [0, 0.05) is 6.54 Å². The van der Waals surface area contributed by atoms with Crippen molar-refractivity contribution in [3.63, 3.8) is 0 Å². The number of likely N-dealkylation sites (tertiary alicyclic amines) is 1. The summed E-state index contributed by atoms with van der Waals surface area (Å²) in [7, 11) is -4.03. The van der Waals surface area contributed by atoms with Crippen molar-refractivity contribution in [2.24, 2.45) is 0 Å². The van der Waals surface area contributed by atoms with Crippen molar-refractivity contribution in [3.8, 4) is 0 Å². The first-order chi connectivity index (χ1) is 11.5. The van der Waals surface area contributed by atoms with Crippen molar-refractivity contribution in [2.75, 3.05) is 13.1 Å². The second-order valence-electron chi connectivity index (χ2n) is 7.18. The van der Waals surface area contributed by atoms with Crippen molar-refractivity contribution >= 4 is 16.2 Å². The minimum atomic E-state index is -4.03. The lowest BCUT2D eigenvalue weighted by Gasteiger charge is -2.36. The molecular weight excluding hydrogens is 346 g/mol. The molecule has 0 radical (unpaired) electrons. The van der Waals surface area contributed by atoms with Crippen LogP contribution < -0.4 is 0 Å². The highest BCUT2D eigenvalue weighted by Crippen LogP contribution is 2.22. The lowest BCUT2D eigenvalue weighted by molar-refractivity contribution is -0.0346. The molecule has 2 atom stereocenters. The fraction of sp³-hybridized carbons (Fsp3) is 0.588. The zero-order chi connectivity index (χ0) is 18.8. The molecule has 0 bridgehead atoms. The largest absolute Gasteiger partial charge is 0.444 e. The summed E-state index contributed by atoms with van der Waals surface area (Å²) in [6.45, 7) is 7.32. The lowest BCUT2D eigenvalue weighted by Crippen LogP contribution is -2.51. The van der Waals surface area contributed by atoms with Crippen LogP contribution in [0.3, 0.4) is 0 Å². The molecule has 1 fully saturated rings. The zero-order valence-corrected chi connectivity index (χ0v) is 15.7. The molecule has 1 N–H and O–H groups in total. The molecule has 1 aliphatic heterocycles. The van der Waals surface area contributed by atoms with Crippen LogP contribution in [0.1, 0.15) is 32.8 Å². The van der Waals surface area contributed by atoms with Crippen molar-refractivity contribution in [2.45, 2.75) is 56.8 Å². The average Bonchev–Trinajstić information content (AvgIpc) is 2.48. The summed E-state index contributed by atoms with van der Waals surface area (Å²) in [5, 5.41) is 10.1. The van der Waals surface area contributed by atoms with E-state index in [1.807, 2.05) is 6.92 Å². The zero-order valence-electron chi connectivity index (χ0n) is 14.9. The molecule has 0 aromatic heterocycles. The molecule has 1 heterocycles. The number of benzene rings is 1. The van der Waals surface area contributed by atoms with Gasteiger partial charge in [-0.15, -0.1) is 0 Å². The number of ether oxygens (including phenoxy) is 1. The first kappa shape index (κ1) is 19.7. The molecule has 2 rings (SSSR count). The number of piperidine rings is 1. The maximum Gasteiger partial charge on any atom is 0.410 e. The van der Waals surface area contributed by atoms with Gasteiger partial charge in [0.15, 0.2) is 0 Å². The molecule has 25 heavy (non-hydrogen) atoms. The number of aliphatic hydroxyl groups excluding tert-OH is 1. The minimum Gasteiger partial charge on any atom is -0.444 e. The Labute approximate surface area is 148 Å². The normalized spacial score (nSPS) is 21.9. The molecule has 1 aromatic carbocycles. The summed E-state index contributed by atoms with van der Waals surface area (Å²) < 4.78 is 35.3. The Morgan fingerprint density at radius 3 is 2.40 bits per heavy atom. The van der Waals surface area contributed by atoms with Crippen molar-refractivity contribution in [3.05, 3.63) is 29.8 Å². The molecule has 0 saturated carbocycles. The molecule has 0 spiro atoms. The van der Waals surface area contributed by atoms with Gasteiger partial charge in [-0.25, -0.2) is 4.79 Å². The van der Waals surface area contributed by atoms with Gasteiger partial charge in [0.05, 0.1) is 17.5 Å². The van der Waals surface area contributed by atoms with Crippen LogP contribution in [0.25, 0.3) is 0 Å². The fourth-order valence-electron chi connectivity index (χ4n) is 2.41. The Kier molecular flexibility index (Phi) is 5.75. The van der Waals surface area contributed by atoms with E-state index in [1.165, 1.54) is 17.0 Å². The molecular formula is C17H25NO6S. The van der Waals surface area contributed by atoms with E-state index < -0.39 is 34.0 Å². The molecule has 1 aliphatic rings. The summed E-state index contributed by atoms with van der Waals surface area (Å²) in [4.78, 5) is 13.5. The number of amides is 1. The number of aliphatic hydroxyl groups is 1. The van der Waals surface area contributed by atoms with E-state index in [0.29, 0.717) is 0 Å². The van der Waals surface area contributed by atoms with E-state index in [2.05, 4.69) is 0 Å². The van der Waals surface area contributed by atoms with Crippen LogP contribution in [-0.2, 0) is 19.0 Å². The average molecular weight is 371 g/mol. The van der Waals surface area contributed by atoms with E-state index in [9.17, 15) is 18.3 Å². The van der Waals surface area contributed by atoms with Crippen molar-refractivity contribution in [1.82, 2.24) is 4.90 Å². The third-order valence-corrected chi connectivity index (χ3v) is 5.09. The summed E-state index contributed by atoms with van der Waals surface area (Å²) >= 11 is 0. The summed E-state index contributed by atoms with van der Waals surface area (Å²) in [6.07, 6.45) is -2.35. The molecule has 140 valence electrons. The number of aryl methyl sites for hydroxylation is 1. The van der Waals surface area contributed by atoms with E-state index in [1.54, 1.807) is 32.9 Å². The molecule has 1 aromatic rings. The van der Waals surface area contributed by atoms with Gasteiger partial charge in [0.1, 0.15) is 11.7 Å². The molecule has 0 unspecified atom stereocenters. The van der Waals surface area contributed by atoms with Gasteiger partial charge >= 0.3 is 6.09 Å². The molecule has 8 heteroatoms. The van der Waals surface area contributed by atoms with Crippen LogP contribution in [0.2, 0.25) is 0 Å². The fourth-order valence-corrected chi connectivity index (χ4v) is 3.51. The van der Waals surface area contributed by atoms with E-state index in [-0.39, 0.29) is 24.4 Å². The lowest BCUT2D eigenvalue weighted by atomic mass is 10.1. The van der Waals surface area contributed by atoms with Gasteiger partial charge in [0.25, 0.3) is 10.1 Å². The molecule has 7 nitrogen and oxygen atoms in total. The highest BCUT2D eigenvalue weighted by Gasteiger charge is 2.36. The molecule has 1 amide bonds. The van der Waals surface area contributed by atoms with Gasteiger partial charge in [-0.3, -0.25) is 4.18 Å². The second kappa shape index (κ2) is 7.31. The van der Waals surface area contributed by atoms with Gasteiger partial charge in [-0.05, 0) is 46.2 Å². The van der Waals surface area contributed by atoms with Gasteiger partial charge in [0.2, 0.25) is 0 Å². The van der Waals surface area contributed by atoms with E-state index in [0.717, 1.165) is 5.56 Å². The number of hydrogen-bond acceptors (Lipinski definition) is 6. The molecule has 1 saturated heterocycles. The SMILES string of the molecule is Cc1ccc(S(=O)(=O)O[C@H]2CN(C(=O)OC(C)(C)C)CC[C@H]2O)cc1. The van der Waals surface area contributed by atoms with Gasteiger partial charge < -0.3 is 14.7 Å². The van der Waals surface area contributed by atoms with Gasteiger partial charge in [-0.2, -0.15) is 8.42 Å². The Morgan fingerprint density at radius 2 is 1.84 bits per heavy atom. The van der Waals surface area contributed by atoms with Crippen LogP contribution in [0, 0.1) is 6.92 Å². The predicted octanol–water partition coefficient (Wildman–Crippen LogP) is 2.07. The maximum absolute atomic E-state index is 12.4. The summed E-state index contributed by atoms with van der Waals surface area (Å²) in [5.74, 6) is 0. The number of hydrogen-bond donors (Lipinski definition) is 1. The maximum atomic E-state index is 12.4. The minimum absolute atomic E-state index is 0.0136. The highest BCUT2D eigenvalue weighted by atomic mass is 32.2. The Balaban J connectivity index is 2.09. The Bertz CT molecular complexity index is 708. The number of carbonyl (C=O) groups excluding carboxylic acids is 1. The number of nitrogens with zero attached hydrogens (tertiary/aromatic N) is 1. The summed E-state index contributed by atoms with van der Waals surface area (Å²) in [6, 6.07) is 6.23. The second-order valence-corrected chi connectivity index (χ2v) is 8.76. The van der Waals surface area contributed by atoms with E-state index >= 15 is 0 Å². The van der Waals surface area contributed by atoms with Crippen molar-refractivity contribution in [1.29, 1.82) is 0 Å².